The maximum Gasteiger partial charge on any atom is 0.514 e. The number of epoxide rings is 2. The zero-order valence-electron chi connectivity index (χ0n) is 16.8. The first-order valence-electron chi connectivity index (χ1n) is 9.71. The van der Waals surface area contributed by atoms with E-state index in [9.17, 15) is 4.79 Å². The molecule has 1 radical (unpaired) electrons. The van der Waals surface area contributed by atoms with Crippen LogP contribution in [-0.4, -0.2) is 36.2 Å². The fourth-order valence-corrected chi connectivity index (χ4v) is 4.43. The second-order valence-electron chi connectivity index (χ2n) is 8.10. The molecule has 1 spiro atoms. The Hall–Kier alpha value is -0.746. The maximum absolute atomic E-state index is 12.2. The molecule has 1 saturated carbocycles. The van der Waals surface area contributed by atoms with E-state index in [1.807, 2.05) is 32.1 Å². The SMILES string of the molecule is C[C-]=CC[C@H]1O[C@]1(C)[C@H]1C[C@H](OC(=O)Oc2ccc(C)cc2)CC[C@]12CO2.[Y]. The van der Waals surface area contributed by atoms with Gasteiger partial charge in [-0.05, 0) is 51.7 Å². The Morgan fingerprint density at radius 3 is 2.71 bits per heavy atom. The van der Waals surface area contributed by atoms with Crippen LogP contribution in [0.3, 0.4) is 0 Å². The summed E-state index contributed by atoms with van der Waals surface area (Å²) in [7, 11) is 0. The summed E-state index contributed by atoms with van der Waals surface area (Å²) in [5.74, 6) is 0.728. The van der Waals surface area contributed by atoms with E-state index in [1.54, 1.807) is 12.1 Å². The van der Waals surface area contributed by atoms with Gasteiger partial charge in [0.25, 0.3) is 0 Å². The van der Waals surface area contributed by atoms with Gasteiger partial charge >= 0.3 is 6.16 Å². The van der Waals surface area contributed by atoms with Gasteiger partial charge < -0.3 is 25.0 Å². The average molecular weight is 460 g/mol. The number of aryl methyl sites for hydroxylation is 1. The van der Waals surface area contributed by atoms with Gasteiger partial charge in [0.1, 0.15) is 11.9 Å². The number of carbonyl (C=O) groups is 1. The van der Waals surface area contributed by atoms with Gasteiger partial charge in [-0.15, -0.1) is 0 Å². The van der Waals surface area contributed by atoms with Gasteiger partial charge in [-0.25, -0.2) is 4.79 Å². The number of hydrogen-bond acceptors (Lipinski definition) is 5. The third kappa shape index (κ3) is 4.53. The molecule has 5 atom stereocenters. The van der Waals surface area contributed by atoms with E-state index in [1.165, 1.54) is 0 Å². The molecule has 2 saturated heterocycles. The van der Waals surface area contributed by atoms with Crippen molar-refractivity contribution in [3.05, 3.63) is 42.0 Å². The van der Waals surface area contributed by atoms with Gasteiger partial charge in [0.2, 0.25) is 0 Å². The van der Waals surface area contributed by atoms with E-state index in [4.69, 9.17) is 18.9 Å². The molecule has 2 heterocycles. The second-order valence-corrected chi connectivity index (χ2v) is 8.10. The van der Waals surface area contributed by atoms with Crippen molar-refractivity contribution >= 4 is 6.16 Å². The van der Waals surface area contributed by atoms with Crippen LogP contribution in [-0.2, 0) is 46.9 Å². The molecule has 149 valence electrons. The van der Waals surface area contributed by atoms with Crippen LogP contribution < -0.4 is 4.74 Å². The van der Waals surface area contributed by atoms with Crippen molar-refractivity contribution in [3.63, 3.8) is 0 Å². The predicted octanol–water partition coefficient (Wildman–Crippen LogP) is 4.37. The molecule has 0 aromatic heterocycles. The Bertz CT molecular complexity index is 727. The van der Waals surface area contributed by atoms with E-state index in [0.717, 1.165) is 37.9 Å². The average Bonchev–Trinajstić information content (AvgIpc) is 3.55. The number of hydrogen-bond donors (Lipinski definition) is 0. The molecule has 3 fully saturated rings. The van der Waals surface area contributed by atoms with E-state index >= 15 is 0 Å². The summed E-state index contributed by atoms with van der Waals surface area (Å²) < 4.78 is 22.8. The van der Waals surface area contributed by atoms with Gasteiger partial charge in [0.05, 0.1) is 23.9 Å². The summed E-state index contributed by atoms with van der Waals surface area (Å²) in [6.07, 6.45) is 7.75. The number of carbonyl (C=O) groups excluding carboxylic acids is 1. The number of rotatable bonds is 5. The first-order chi connectivity index (χ1) is 12.9. The molecular formula is C22H27O5Y-. The van der Waals surface area contributed by atoms with Crippen molar-refractivity contribution in [3.8, 4) is 5.75 Å². The van der Waals surface area contributed by atoms with Gasteiger partial charge in [-0.2, -0.15) is 6.92 Å². The van der Waals surface area contributed by atoms with Crippen LogP contribution in [0.15, 0.2) is 30.3 Å². The standard InChI is InChI=1S/C22H27O5.Y/c1-4-5-6-19-21(3,27-19)18-13-17(11-12-22(18)14-24-22)26-20(23)25-16-9-7-15(2)8-10-16;/h5,7-10,17-19H,6,11-14H2,1-3H3;/q-1;/t17-,18-,19-,21-,22+;/m1./s1. The van der Waals surface area contributed by atoms with Gasteiger partial charge in [0.15, 0.2) is 0 Å². The van der Waals surface area contributed by atoms with Crippen LogP contribution in [0.2, 0.25) is 0 Å². The van der Waals surface area contributed by atoms with Crippen molar-refractivity contribution in [2.75, 3.05) is 6.61 Å². The van der Waals surface area contributed by atoms with Crippen LogP contribution in [0, 0.1) is 18.9 Å². The molecule has 1 aromatic rings. The van der Waals surface area contributed by atoms with Crippen LogP contribution in [0.25, 0.3) is 0 Å². The Labute approximate surface area is 192 Å². The molecular weight excluding hydrogens is 433 g/mol. The third-order valence-corrected chi connectivity index (χ3v) is 6.23. The first-order valence-corrected chi connectivity index (χ1v) is 9.71. The normalized spacial score (nSPS) is 36.0. The molecule has 0 unspecified atom stereocenters. The number of ether oxygens (including phenoxy) is 4. The van der Waals surface area contributed by atoms with Crippen molar-refractivity contribution in [2.24, 2.45) is 5.92 Å². The second kappa shape index (κ2) is 8.55. The molecule has 1 aromatic carbocycles. The van der Waals surface area contributed by atoms with Crippen molar-refractivity contribution in [1.29, 1.82) is 0 Å². The first kappa shape index (κ1) is 22.0. The summed E-state index contributed by atoms with van der Waals surface area (Å²) in [5.41, 5.74) is 0.805. The smallest absolute Gasteiger partial charge is 0.504 e. The van der Waals surface area contributed by atoms with Gasteiger partial charge in [-0.1, -0.05) is 17.7 Å². The number of allylic oxidation sites excluding steroid dienone is 1. The maximum atomic E-state index is 12.2. The zero-order chi connectivity index (χ0) is 19.1. The molecule has 2 aliphatic heterocycles. The monoisotopic (exact) mass is 460 g/mol. The molecule has 0 bridgehead atoms. The molecule has 5 nitrogen and oxygen atoms in total. The van der Waals surface area contributed by atoms with E-state index in [2.05, 4.69) is 13.0 Å². The van der Waals surface area contributed by atoms with E-state index in [0.29, 0.717) is 5.75 Å². The predicted molar refractivity (Wildman–Crippen MR) is 99.5 cm³/mol. The largest absolute Gasteiger partial charge is 0.514 e. The molecule has 28 heavy (non-hydrogen) atoms. The topological polar surface area (TPSA) is 60.6 Å². The Kier molecular flexibility index (Phi) is 6.70. The number of benzene rings is 1. The summed E-state index contributed by atoms with van der Waals surface area (Å²) in [6.45, 7) is 6.82. The van der Waals surface area contributed by atoms with E-state index < -0.39 is 6.16 Å². The summed E-state index contributed by atoms with van der Waals surface area (Å²) >= 11 is 0. The van der Waals surface area contributed by atoms with Crippen LogP contribution in [0.1, 0.15) is 45.1 Å². The molecule has 4 rings (SSSR count). The van der Waals surface area contributed by atoms with Gasteiger partial charge in [0, 0.05) is 38.6 Å². The molecule has 0 amide bonds. The van der Waals surface area contributed by atoms with E-state index in [-0.39, 0.29) is 62.0 Å². The molecule has 6 heteroatoms. The summed E-state index contributed by atoms with van der Waals surface area (Å²) in [6, 6.07) is 7.35. The van der Waals surface area contributed by atoms with Crippen molar-refractivity contribution in [1.82, 2.24) is 0 Å². The zero-order valence-corrected chi connectivity index (χ0v) is 19.6. The minimum Gasteiger partial charge on any atom is -0.504 e. The van der Waals surface area contributed by atoms with Crippen molar-refractivity contribution < 1.29 is 56.5 Å². The van der Waals surface area contributed by atoms with Crippen LogP contribution >= 0.6 is 0 Å². The fourth-order valence-electron chi connectivity index (χ4n) is 4.43. The van der Waals surface area contributed by atoms with Crippen LogP contribution in [0.4, 0.5) is 4.79 Å². The minimum atomic E-state index is -0.641. The minimum absolute atomic E-state index is 0. The van der Waals surface area contributed by atoms with Crippen molar-refractivity contribution in [2.45, 2.75) is 69.9 Å². The Morgan fingerprint density at radius 1 is 1.36 bits per heavy atom. The Balaban J connectivity index is 0.00000225. The quantitative estimate of drug-likeness (QED) is 0.283. The fraction of sp³-hybridized carbons (Fsp3) is 0.591. The molecule has 3 aliphatic rings. The Morgan fingerprint density at radius 2 is 2.07 bits per heavy atom. The molecule has 1 aliphatic carbocycles. The molecule has 0 N–H and O–H groups in total. The third-order valence-electron chi connectivity index (χ3n) is 6.23. The summed E-state index contributed by atoms with van der Waals surface area (Å²) in [4.78, 5) is 12.2. The van der Waals surface area contributed by atoms with Crippen LogP contribution in [0.5, 0.6) is 5.75 Å². The summed E-state index contributed by atoms with van der Waals surface area (Å²) in [5, 5.41) is 0. The van der Waals surface area contributed by atoms with Gasteiger partial charge in [-0.3, -0.25) is 6.08 Å².